The van der Waals surface area contributed by atoms with Gasteiger partial charge < -0.3 is 0 Å². The quantitative estimate of drug-likeness (QED) is 0.845. The van der Waals surface area contributed by atoms with Crippen molar-refractivity contribution in [3.05, 3.63) is 48.3 Å². The third kappa shape index (κ3) is 4.43. The molecule has 0 spiro atoms. The van der Waals surface area contributed by atoms with Gasteiger partial charge in [0.25, 0.3) is 0 Å². The number of likely N-dealkylation sites (tertiary alicyclic amines) is 1. The molecule has 0 radical (unpaired) electrons. The van der Waals surface area contributed by atoms with Gasteiger partial charge in [0, 0.05) is 18.9 Å². The third-order valence-corrected chi connectivity index (χ3v) is 3.96. The molecular formula is C18H27N3. The molecule has 3 nitrogen and oxygen atoms in total. The lowest BCUT2D eigenvalue weighted by Gasteiger charge is -2.30. The van der Waals surface area contributed by atoms with Crippen molar-refractivity contribution in [2.45, 2.75) is 40.2 Å². The first kappa shape index (κ1) is 15.8. The van der Waals surface area contributed by atoms with E-state index in [1.807, 2.05) is 37.0 Å². The second kappa shape index (κ2) is 7.99. The molecule has 0 aliphatic carbocycles. The Balaban J connectivity index is 0.000000774. The van der Waals surface area contributed by atoms with E-state index in [1.165, 1.54) is 31.5 Å². The first-order valence-corrected chi connectivity index (χ1v) is 8.12. The zero-order valence-electron chi connectivity index (χ0n) is 13.5. The number of nitrogens with zero attached hydrogens (tertiary/aromatic N) is 3. The minimum absolute atomic E-state index is 0.895. The fraction of sp³-hybridized carbons (Fsp3) is 0.500. The van der Waals surface area contributed by atoms with Crippen LogP contribution in [0.2, 0.25) is 0 Å². The molecule has 1 saturated heterocycles. The Hall–Kier alpha value is -1.61. The van der Waals surface area contributed by atoms with Crippen molar-refractivity contribution in [2.24, 2.45) is 5.92 Å². The van der Waals surface area contributed by atoms with Crippen molar-refractivity contribution in [2.75, 3.05) is 13.1 Å². The van der Waals surface area contributed by atoms with Crippen LogP contribution in [0.5, 0.6) is 0 Å². The van der Waals surface area contributed by atoms with Gasteiger partial charge in [-0.3, -0.25) is 4.90 Å². The Bertz CT molecular complexity index is 511. The number of aromatic nitrogens is 2. The zero-order valence-corrected chi connectivity index (χ0v) is 13.5. The second-order valence-electron chi connectivity index (χ2n) is 5.58. The fourth-order valence-electron chi connectivity index (χ4n) is 2.70. The number of hydrogen-bond acceptors (Lipinski definition) is 2. The molecule has 3 rings (SSSR count). The molecule has 0 atom stereocenters. The van der Waals surface area contributed by atoms with Crippen LogP contribution in [0.15, 0.2) is 42.7 Å². The molecule has 0 unspecified atom stereocenters. The Kier molecular flexibility index (Phi) is 6.00. The highest BCUT2D eigenvalue weighted by molar-refractivity contribution is 5.35. The minimum atomic E-state index is 0.895. The van der Waals surface area contributed by atoms with Crippen molar-refractivity contribution in [3.8, 4) is 5.69 Å². The molecular weight excluding hydrogens is 258 g/mol. The molecule has 0 bridgehead atoms. The van der Waals surface area contributed by atoms with Crippen LogP contribution in [-0.2, 0) is 6.54 Å². The third-order valence-electron chi connectivity index (χ3n) is 3.96. The average molecular weight is 285 g/mol. The van der Waals surface area contributed by atoms with Crippen molar-refractivity contribution < 1.29 is 0 Å². The van der Waals surface area contributed by atoms with Gasteiger partial charge in [-0.2, -0.15) is 5.10 Å². The van der Waals surface area contributed by atoms with Crippen molar-refractivity contribution in [3.63, 3.8) is 0 Å². The summed E-state index contributed by atoms with van der Waals surface area (Å²) in [6.07, 6.45) is 6.47. The van der Waals surface area contributed by atoms with Crippen LogP contribution >= 0.6 is 0 Å². The molecule has 2 heterocycles. The van der Waals surface area contributed by atoms with Crippen LogP contribution in [-0.4, -0.2) is 27.8 Å². The highest BCUT2D eigenvalue weighted by atomic mass is 15.3. The van der Waals surface area contributed by atoms with Gasteiger partial charge >= 0.3 is 0 Å². The van der Waals surface area contributed by atoms with Gasteiger partial charge in [0.1, 0.15) is 0 Å². The number of piperidine rings is 1. The van der Waals surface area contributed by atoms with Gasteiger partial charge in [0.05, 0.1) is 5.69 Å². The summed E-state index contributed by atoms with van der Waals surface area (Å²) in [5.41, 5.74) is 2.52. The Morgan fingerprint density at radius 3 is 2.57 bits per heavy atom. The number of rotatable bonds is 3. The van der Waals surface area contributed by atoms with E-state index >= 15 is 0 Å². The van der Waals surface area contributed by atoms with Crippen molar-refractivity contribution >= 4 is 0 Å². The Morgan fingerprint density at radius 2 is 1.90 bits per heavy atom. The molecule has 3 heteroatoms. The first-order valence-electron chi connectivity index (χ1n) is 8.12. The fourth-order valence-corrected chi connectivity index (χ4v) is 2.70. The summed E-state index contributed by atoms with van der Waals surface area (Å²) in [5, 5.41) is 4.29. The molecule has 1 aromatic heterocycles. The normalized spacial score (nSPS) is 16.3. The smallest absolute Gasteiger partial charge is 0.0648 e. The van der Waals surface area contributed by atoms with Crippen LogP contribution in [0.4, 0.5) is 0 Å². The van der Waals surface area contributed by atoms with E-state index < -0.39 is 0 Å². The van der Waals surface area contributed by atoms with Gasteiger partial charge in [-0.25, -0.2) is 4.68 Å². The van der Waals surface area contributed by atoms with E-state index in [0.29, 0.717) is 0 Å². The predicted molar refractivity (Wildman–Crippen MR) is 88.6 cm³/mol. The standard InChI is InChI=1S/C16H21N3.C2H6/c1-14-6-10-18(11-7-14)13-15-4-2-5-16(12-15)19-9-3-8-17-19;1-2/h2-5,8-9,12,14H,6-7,10-11,13H2,1H3;1-2H3. The lowest BCUT2D eigenvalue weighted by Crippen LogP contribution is -2.32. The van der Waals surface area contributed by atoms with Crippen molar-refractivity contribution in [1.82, 2.24) is 14.7 Å². The maximum atomic E-state index is 4.29. The summed E-state index contributed by atoms with van der Waals surface area (Å²) in [7, 11) is 0. The zero-order chi connectivity index (χ0) is 15.1. The maximum Gasteiger partial charge on any atom is 0.0648 e. The Labute approximate surface area is 128 Å². The number of benzene rings is 1. The Morgan fingerprint density at radius 1 is 1.14 bits per heavy atom. The maximum absolute atomic E-state index is 4.29. The van der Waals surface area contributed by atoms with Gasteiger partial charge in [-0.15, -0.1) is 0 Å². The molecule has 1 aliphatic rings. The van der Waals surface area contributed by atoms with E-state index in [9.17, 15) is 0 Å². The van der Waals surface area contributed by atoms with Crippen LogP contribution in [0.25, 0.3) is 5.69 Å². The lowest BCUT2D eigenvalue weighted by atomic mass is 9.99. The summed E-state index contributed by atoms with van der Waals surface area (Å²) >= 11 is 0. The van der Waals surface area contributed by atoms with Crippen molar-refractivity contribution in [1.29, 1.82) is 0 Å². The molecule has 21 heavy (non-hydrogen) atoms. The molecule has 2 aromatic rings. The highest BCUT2D eigenvalue weighted by Gasteiger charge is 2.15. The molecule has 1 aromatic carbocycles. The summed E-state index contributed by atoms with van der Waals surface area (Å²) in [5.74, 6) is 0.895. The summed E-state index contributed by atoms with van der Waals surface area (Å²) < 4.78 is 1.92. The predicted octanol–water partition coefficient (Wildman–Crippen LogP) is 4.13. The SMILES string of the molecule is CC.CC1CCN(Cc2cccc(-n3cccn3)c2)CC1. The van der Waals surface area contributed by atoms with Crippen LogP contribution in [0.3, 0.4) is 0 Å². The summed E-state index contributed by atoms with van der Waals surface area (Å²) in [6.45, 7) is 9.87. The van der Waals surface area contributed by atoms with Gasteiger partial charge in [-0.1, -0.05) is 32.9 Å². The van der Waals surface area contributed by atoms with E-state index in [0.717, 1.165) is 18.2 Å². The topological polar surface area (TPSA) is 21.1 Å². The van der Waals surface area contributed by atoms with E-state index in [2.05, 4.69) is 41.2 Å². The molecule has 1 aliphatic heterocycles. The molecule has 0 amide bonds. The second-order valence-corrected chi connectivity index (χ2v) is 5.58. The minimum Gasteiger partial charge on any atom is -0.299 e. The summed E-state index contributed by atoms with van der Waals surface area (Å²) in [4.78, 5) is 2.56. The summed E-state index contributed by atoms with van der Waals surface area (Å²) in [6, 6.07) is 10.6. The average Bonchev–Trinajstić information content (AvgIpc) is 3.06. The van der Waals surface area contributed by atoms with Gasteiger partial charge in [0.15, 0.2) is 0 Å². The molecule has 114 valence electrons. The lowest BCUT2D eigenvalue weighted by molar-refractivity contribution is 0.185. The number of hydrogen-bond donors (Lipinski definition) is 0. The largest absolute Gasteiger partial charge is 0.299 e. The van der Waals surface area contributed by atoms with Crippen LogP contribution in [0, 0.1) is 5.92 Å². The first-order chi connectivity index (χ1) is 10.3. The highest BCUT2D eigenvalue weighted by Crippen LogP contribution is 2.19. The van der Waals surface area contributed by atoms with E-state index in [1.54, 1.807) is 0 Å². The van der Waals surface area contributed by atoms with Gasteiger partial charge in [-0.05, 0) is 55.6 Å². The molecule has 1 fully saturated rings. The van der Waals surface area contributed by atoms with Crippen LogP contribution < -0.4 is 0 Å². The van der Waals surface area contributed by atoms with Gasteiger partial charge in [0.2, 0.25) is 0 Å². The molecule has 0 saturated carbocycles. The van der Waals surface area contributed by atoms with E-state index in [-0.39, 0.29) is 0 Å². The molecule has 0 N–H and O–H groups in total. The van der Waals surface area contributed by atoms with Crippen LogP contribution in [0.1, 0.15) is 39.2 Å². The van der Waals surface area contributed by atoms with E-state index in [4.69, 9.17) is 0 Å². The monoisotopic (exact) mass is 285 g/mol.